The quantitative estimate of drug-likeness (QED) is 0.408. The number of aromatic amines is 2. The van der Waals surface area contributed by atoms with Crippen molar-refractivity contribution < 1.29 is 0 Å². The van der Waals surface area contributed by atoms with Crippen molar-refractivity contribution in [3.05, 3.63) is 121 Å². The second-order valence-corrected chi connectivity index (χ2v) is 9.54. The van der Waals surface area contributed by atoms with Crippen LogP contribution < -0.4 is 15.8 Å². The van der Waals surface area contributed by atoms with Gasteiger partial charge in [-0.1, -0.05) is 66.7 Å². The molecule has 2 aliphatic heterocycles. The zero-order chi connectivity index (χ0) is 23.8. The molecule has 3 aromatic rings. The van der Waals surface area contributed by atoms with Crippen molar-refractivity contribution >= 4 is 16.5 Å². The van der Waals surface area contributed by atoms with E-state index in [1.54, 1.807) is 28.9 Å². The molecule has 176 valence electrons. The van der Waals surface area contributed by atoms with Crippen LogP contribution in [-0.2, 0) is 13.0 Å². The number of hydrogen-bond acceptors (Lipinski definition) is 3. The summed E-state index contributed by atoms with van der Waals surface area (Å²) in [6.45, 7) is 2.62. The summed E-state index contributed by atoms with van der Waals surface area (Å²) in [7, 11) is 0. The zero-order valence-electron chi connectivity index (χ0n) is 19.5. The summed E-state index contributed by atoms with van der Waals surface area (Å²) >= 11 is 0. The molecule has 0 bridgehead atoms. The van der Waals surface area contributed by atoms with Crippen LogP contribution in [0.25, 0.3) is 10.8 Å². The van der Waals surface area contributed by atoms with E-state index in [0.29, 0.717) is 28.0 Å². The molecule has 3 aliphatic rings. The molecule has 2 N–H and O–H groups in total. The van der Waals surface area contributed by atoms with Crippen LogP contribution in [0.4, 0.5) is 5.69 Å². The van der Waals surface area contributed by atoms with Gasteiger partial charge in [-0.2, -0.15) is 0 Å². The lowest BCUT2D eigenvalue weighted by Gasteiger charge is -2.33. The minimum Gasteiger partial charge on any atom is -0.372 e. The van der Waals surface area contributed by atoms with Crippen LogP contribution in [0, 0.1) is 16.6 Å². The molecule has 2 heterocycles. The zero-order valence-corrected chi connectivity index (χ0v) is 19.5. The number of nitrogens with one attached hydrogen (secondary N) is 2. The van der Waals surface area contributed by atoms with Gasteiger partial charge in [-0.25, -0.2) is 5.21 Å². The Hall–Kier alpha value is -4.06. The Kier molecular flexibility index (Phi) is 5.49. The Bertz CT molecular complexity index is 1640. The first-order valence-corrected chi connectivity index (χ1v) is 12.3. The van der Waals surface area contributed by atoms with Gasteiger partial charge in [0.05, 0.1) is 6.54 Å². The summed E-state index contributed by atoms with van der Waals surface area (Å²) in [5, 5.41) is 7.53. The monoisotopic (exact) mass is 464 g/mol. The van der Waals surface area contributed by atoms with E-state index in [9.17, 15) is 9.59 Å². The SMILES string of the molecule is O=c1c2[nH][nH]n(Cc3ccc(N4CCC(Cc5ccccc5)CC4)cc3)c=2c(=O)c2ccccc12. The molecule has 6 rings (SSSR count). The highest BCUT2D eigenvalue weighted by atomic mass is 16.1. The van der Waals surface area contributed by atoms with Gasteiger partial charge in [0.15, 0.2) is 0 Å². The minimum atomic E-state index is -0.156. The number of fused-ring (bicyclic) bond motifs is 1. The summed E-state index contributed by atoms with van der Waals surface area (Å²) in [5.74, 6) is 0.741. The van der Waals surface area contributed by atoms with Gasteiger partial charge < -0.3 is 4.90 Å². The van der Waals surface area contributed by atoms with Crippen LogP contribution in [0.15, 0.2) is 88.5 Å². The Morgan fingerprint density at radius 1 is 0.743 bits per heavy atom. The van der Waals surface area contributed by atoms with Crippen molar-refractivity contribution in [2.75, 3.05) is 18.0 Å². The highest BCUT2D eigenvalue weighted by Gasteiger charge is 2.20. The van der Waals surface area contributed by atoms with E-state index in [2.05, 4.69) is 69.8 Å². The molecule has 6 heteroatoms. The lowest BCUT2D eigenvalue weighted by Crippen LogP contribution is -2.34. The predicted octanol–water partition coefficient (Wildman–Crippen LogP) is 4.25. The number of H-pyrrole nitrogens is 2. The molecule has 0 spiro atoms. The predicted molar refractivity (Wildman–Crippen MR) is 139 cm³/mol. The maximum Gasteiger partial charge on any atom is 0.214 e. The van der Waals surface area contributed by atoms with Gasteiger partial charge in [0, 0.05) is 29.5 Å². The standard InChI is InChI=1S/C29H28N4O2/c34-28-24-8-4-5-9-25(24)29(35)27-26(28)30-31-33(27)19-22-10-12-23(13-11-22)32-16-14-21(15-17-32)18-20-6-2-1-3-7-20/h1-13,21,30-31H,14-19H2. The molecule has 0 amide bonds. The normalized spacial score (nSPS) is 14.7. The molecule has 0 atom stereocenters. The fourth-order valence-corrected chi connectivity index (χ4v) is 5.37. The fraction of sp³-hybridized carbons (Fsp3) is 0.241. The molecule has 3 aromatic carbocycles. The van der Waals surface area contributed by atoms with Gasteiger partial charge >= 0.3 is 0 Å². The van der Waals surface area contributed by atoms with Gasteiger partial charge in [-0.3, -0.25) is 19.4 Å². The molecule has 6 nitrogen and oxygen atoms in total. The maximum absolute atomic E-state index is 13.1. The third-order valence-electron chi connectivity index (χ3n) is 7.30. The molecule has 35 heavy (non-hydrogen) atoms. The number of rotatable bonds is 5. The molecular formula is C29H28N4O2. The second kappa shape index (κ2) is 8.95. The van der Waals surface area contributed by atoms with Gasteiger partial charge in [0.25, 0.3) is 0 Å². The van der Waals surface area contributed by atoms with E-state index in [1.165, 1.54) is 24.1 Å². The number of aromatic nitrogens is 3. The fourth-order valence-electron chi connectivity index (χ4n) is 5.37. The number of piperidine rings is 1. The van der Waals surface area contributed by atoms with E-state index in [-0.39, 0.29) is 10.9 Å². The van der Waals surface area contributed by atoms with Gasteiger partial charge in [0.1, 0.15) is 10.7 Å². The minimum absolute atomic E-state index is 0.136. The maximum atomic E-state index is 13.1. The van der Waals surface area contributed by atoms with Crippen molar-refractivity contribution in [1.29, 1.82) is 0 Å². The van der Waals surface area contributed by atoms with Crippen LogP contribution >= 0.6 is 0 Å². The average Bonchev–Trinajstić information content (AvgIpc) is 3.33. The summed E-state index contributed by atoms with van der Waals surface area (Å²) in [5.41, 5.74) is 3.44. The summed E-state index contributed by atoms with van der Waals surface area (Å²) in [6.07, 6.45) is 3.57. The first-order chi connectivity index (χ1) is 17.2. The van der Waals surface area contributed by atoms with E-state index >= 15 is 0 Å². The Labute approximate surface area is 202 Å². The topological polar surface area (TPSA) is 73.9 Å². The van der Waals surface area contributed by atoms with Crippen LogP contribution in [0.3, 0.4) is 0 Å². The van der Waals surface area contributed by atoms with E-state index in [1.807, 2.05) is 0 Å². The molecule has 0 aromatic heterocycles. The highest BCUT2D eigenvalue weighted by Crippen LogP contribution is 2.26. The van der Waals surface area contributed by atoms with E-state index < -0.39 is 0 Å². The molecule has 0 unspecified atom stereocenters. The van der Waals surface area contributed by atoms with Crippen molar-refractivity contribution in [1.82, 2.24) is 15.0 Å². The Morgan fingerprint density at radius 3 is 2.11 bits per heavy atom. The number of anilines is 1. The molecule has 0 radical (unpaired) electrons. The molecular weight excluding hydrogens is 436 g/mol. The molecule has 1 fully saturated rings. The highest BCUT2D eigenvalue weighted by molar-refractivity contribution is 5.81. The lowest BCUT2D eigenvalue weighted by atomic mass is 9.90. The van der Waals surface area contributed by atoms with Crippen molar-refractivity contribution in [2.45, 2.75) is 25.8 Å². The molecule has 0 saturated carbocycles. The summed E-state index contributed by atoms with van der Waals surface area (Å²) < 4.78 is 1.73. The van der Waals surface area contributed by atoms with Gasteiger partial charge in [-0.15, -0.1) is 0 Å². The lowest BCUT2D eigenvalue weighted by molar-refractivity contribution is 0.404. The Balaban J connectivity index is 1.18. The number of benzene rings is 3. The molecule has 1 aliphatic carbocycles. The van der Waals surface area contributed by atoms with Crippen molar-refractivity contribution in [3.63, 3.8) is 0 Å². The smallest absolute Gasteiger partial charge is 0.214 e. The first-order valence-electron chi connectivity index (χ1n) is 12.3. The van der Waals surface area contributed by atoms with Crippen molar-refractivity contribution in [3.8, 4) is 0 Å². The summed E-state index contributed by atoms with van der Waals surface area (Å²) in [4.78, 5) is 28.4. The Morgan fingerprint density at radius 2 is 1.40 bits per heavy atom. The van der Waals surface area contributed by atoms with Crippen LogP contribution in [0.1, 0.15) is 24.0 Å². The van der Waals surface area contributed by atoms with Crippen molar-refractivity contribution in [2.24, 2.45) is 5.92 Å². The number of hydrogen-bond donors (Lipinski definition) is 2. The van der Waals surface area contributed by atoms with E-state index in [4.69, 9.17) is 0 Å². The third-order valence-corrected chi connectivity index (χ3v) is 7.30. The second-order valence-electron chi connectivity index (χ2n) is 9.54. The van der Waals surface area contributed by atoms with Gasteiger partial charge in [0.2, 0.25) is 10.9 Å². The van der Waals surface area contributed by atoms with Gasteiger partial charge in [-0.05, 0) is 48.4 Å². The number of nitrogens with zero attached hydrogens (tertiary/aromatic N) is 2. The molecule has 1 saturated heterocycles. The van der Waals surface area contributed by atoms with Crippen LogP contribution in [-0.4, -0.2) is 28.1 Å². The summed E-state index contributed by atoms with van der Waals surface area (Å²) in [6, 6.07) is 26.3. The first kappa shape index (κ1) is 21.5. The third kappa shape index (κ3) is 4.05. The van der Waals surface area contributed by atoms with E-state index in [0.717, 1.165) is 31.0 Å². The largest absolute Gasteiger partial charge is 0.372 e. The average molecular weight is 465 g/mol. The van der Waals surface area contributed by atoms with Crippen LogP contribution in [0.2, 0.25) is 0 Å². The van der Waals surface area contributed by atoms with Crippen LogP contribution in [0.5, 0.6) is 0 Å².